The van der Waals surface area contributed by atoms with Crippen LogP contribution in [0.2, 0.25) is 0 Å². The molecular weight excluding hydrogens is 278 g/mol. The van der Waals surface area contributed by atoms with Crippen molar-refractivity contribution in [3.8, 4) is 0 Å². The number of nitrogens with zero attached hydrogens (tertiary/aromatic N) is 3. The van der Waals surface area contributed by atoms with E-state index in [9.17, 15) is 16.8 Å². The number of rotatable bonds is 2. The number of sulfone groups is 1. The average molecular weight is 291 g/mol. The highest BCUT2D eigenvalue weighted by molar-refractivity contribution is 7.93. The average Bonchev–Trinajstić information content (AvgIpc) is 2.89. The van der Waals surface area contributed by atoms with E-state index in [1.807, 2.05) is 0 Å². The summed E-state index contributed by atoms with van der Waals surface area (Å²) >= 11 is 0. The zero-order chi connectivity index (χ0) is 13.1. The Morgan fingerprint density at radius 3 is 2.61 bits per heavy atom. The molecule has 2 saturated heterocycles. The van der Waals surface area contributed by atoms with Crippen molar-refractivity contribution in [1.29, 1.82) is 0 Å². The summed E-state index contributed by atoms with van der Waals surface area (Å²) in [5.41, 5.74) is 0. The minimum absolute atomic E-state index is 0.0186. The van der Waals surface area contributed by atoms with Crippen molar-refractivity contribution in [2.45, 2.75) is 22.7 Å². The molecule has 0 spiro atoms. The molecule has 0 amide bonds. The summed E-state index contributed by atoms with van der Waals surface area (Å²) in [6, 6.07) is -0.424. The van der Waals surface area contributed by atoms with Crippen molar-refractivity contribution < 1.29 is 16.8 Å². The molecule has 2 atom stereocenters. The van der Waals surface area contributed by atoms with Crippen LogP contribution in [-0.2, 0) is 26.9 Å². The predicted molar refractivity (Wildman–Crippen MR) is 63.1 cm³/mol. The van der Waals surface area contributed by atoms with Crippen LogP contribution in [-0.4, -0.2) is 54.3 Å². The first-order valence-electron chi connectivity index (χ1n) is 5.52. The van der Waals surface area contributed by atoms with Gasteiger partial charge in [-0.05, 0) is 6.42 Å². The summed E-state index contributed by atoms with van der Waals surface area (Å²) in [6.07, 6.45) is 3.25. The van der Waals surface area contributed by atoms with E-state index in [0.717, 1.165) is 0 Å². The predicted octanol–water partition coefficient (Wildman–Crippen LogP) is -1.02. The highest BCUT2D eigenvalue weighted by Gasteiger charge is 2.52. The van der Waals surface area contributed by atoms with Crippen molar-refractivity contribution in [3.05, 3.63) is 12.5 Å². The number of sulfonamides is 1. The molecule has 1 aromatic rings. The van der Waals surface area contributed by atoms with Crippen molar-refractivity contribution in [2.24, 2.45) is 7.05 Å². The Morgan fingerprint density at radius 2 is 2.17 bits per heavy atom. The Kier molecular flexibility index (Phi) is 2.39. The second kappa shape index (κ2) is 3.55. The van der Waals surface area contributed by atoms with Gasteiger partial charge in [-0.3, -0.25) is 0 Å². The lowest BCUT2D eigenvalue weighted by molar-refractivity contribution is 0.401. The van der Waals surface area contributed by atoms with Gasteiger partial charge in [0.25, 0.3) is 10.0 Å². The molecule has 0 aromatic carbocycles. The molecule has 2 bridgehead atoms. The van der Waals surface area contributed by atoms with Crippen LogP contribution in [0.1, 0.15) is 6.42 Å². The Morgan fingerprint density at radius 1 is 1.44 bits per heavy atom. The molecule has 9 heteroatoms. The molecule has 18 heavy (non-hydrogen) atoms. The van der Waals surface area contributed by atoms with Crippen molar-refractivity contribution in [2.75, 3.05) is 12.3 Å². The van der Waals surface area contributed by atoms with Crippen LogP contribution in [0.5, 0.6) is 0 Å². The Balaban J connectivity index is 1.95. The summed E-state index contributed by atoms with van der Waals surface area (Å²) in [7, 11) is -5.06. The molecule has 1 aromatic heterocycles. The summed E-state index contributed by atoms with van der Waals surface area (Å²) in [5.74, 6) is -0.0657. The molecule has 0 N–H and O–H groups in total. The maximum Gasteiger partial charge on any atom is 0.262 e. The molecule has 0 aliphatic carbocycles. The quantitative estimate of drug-likeness (QED) is 0.696. The lowest BCUT2D eigenvalue weighted by Crippen LogP contribution is -2.44. The fourth-order valence-corrected chi connectivity index (χ4v) is 6.46. The van der Waals surface area contributed by atoms with Crippen LogP contribution < -0.4 is 0 Å². The first-order chi connectivity index (χ1) is 8.30. The Labute approximate surface area is 105 Å². The normalized spacial score (nSPS) is 30.9. The van der Waals surface area contributed by atoms with E-state index in [4.69, 9.17) is 0 Å². The molecule has 2 fully saturated rings. The highest BCUT2D eigenvalue weighted by atomic mass is 32.2. The van der Waals surface area contributed by atoms with Crippen molar-refractivity contribution in [3.63, 3.8) is 0 Å². The van der Waals surface area contributed by atoms with Gasteiger partial charge in [-0.1, -0.05) is 0 Å². The van der Waals surface area contributed by atoms with Gasteiger partial charge in [0.15, 0.2) is 14.9 Å². The van der Waals surface area contributed by atoms with Gasteiger partial charge in [-0.15, -0.1) is 0 Å². The number of aryl methyl sites for hydroxylation is 1. The van der Waals surface area contributed by atoms with Gasteiger partial charge in [0.1, 0.15) is 0 Å². The standard InChI is InChI=1S/C9H13N3O4S2/c1-11-4-9(10-6-11)18(15,16)12-3-8-2-7(12)5-17(8,13)14/h4,6-8H,2-3,5H2,1H3. The number of fused-ring (bicyclic) bond motifs is 2. The molecule has 100 valence electrons. The van der Waals surface area contributed by atoms with E-state index in [1.165, 1.54) is 16.8 Å². The van der Waals surface area contributed by atoms with Gasteiger partial charge in [0.2, 0.25) is 0 Å². The van der Waals surface area contributed by atoms with Crippen LogP contribution in [0.4, 0.5) is 0 Å². The van der Waals surface area contributed by atoms with Gasteiger partial charge in [0, 0.05) is 25.8 Å². The van der Waals surface area contributed by atoms with Gasteiger partial charge >= 0.3 is 0 Å². The fourth-order valence-electron chi connectivity index (χ4n) is 2.60. The number of hydrogen-bond donors (Lipinski definition) is 0. The Hall–Kier alpha value is -0.930. The molecule has 3 rings (SSSR count). The molecule has 2 unspecified atom stereocenters. The fraction of sp³-hybridized carbons (Fsp3) is 0.667. The summed E-state index contributed by atoms with van der Waals surface area (Å²) in [6.45, 7) is 0.0614. The van der Waals surface area contributed by atoms with E-state index in [1.54, 1.807) is 11.6 Å². The molecule has 2 aliphatic heterocycles. The van der Waals surface area contributed by atoms with E-state index >= 15 is 0 Å². The highest BCUT2D eigenvalue weighted by Crippen LogP contribution is 2.36. The van der Waals surface area contributed by atoms with Crippen LogP contribution in [0.3, 0.4) is 0 Å². The molecular formula is C9H13N3O4S2. The number of aromatic nitrogens is 2. The van der Waals surface area contributed by atoms with Crippen LogP contribution in [0, 0.1) is 0 Å². The van der Waals surface area contributed by atoms with E-state index < -0.39 is 31.2 Å². The minimum atomic E-state index is -3.66. The minimum Gasteiger partial charge on any atom is -0.339 e. The van der Waals surface area contributed by atoms with Gasteiger partial charge in [-0.25, -0.2) is 21.8 Å². The van der Waals surface area contributed by atoms with Gasteiger partial charge in [-0.2, -0.15) is 4.31 Å². The SMILES string of the molecule is Cn1cnc(S(=O)(=O)N2CC3CC2CS3(=O)=O)c1. The summed E-state index contributed by atoms with van der Waals surface area (Å²) in [5, 5.41) is -0.559. The second-order valence-corrected chi connectivity index (χ2v) is 8.96. The van der Waals surface area contributed by atoms with Crippen LogP contribution >= 0.6 is 0 Å². The van der Waals surface area contributed by atoms with E-state index in [2.05, 4.69) is 4.98 Å². The topological polar surface area (TPSA) is 89.3 Å². The maximum atomic E-state index is 12.3. The zero-order valence-corrected chi connectivity index (χ0v) is 11.4. The third-order valence-corrected chi connectivity index (χ3v) is 7.52. The molecule has 3 heterocycles. The first-order valence-corrected chi connectivity index (χ1v) is 8.67. The third kappa shape index (κ3) is 1.61. The largest absolute Gasteiger partial charge is 0.339 e. The maximum absolute atomic E-state index is 12.3. The van der Waals surface area contributed by atoms with Crippen molar-refractivity contribution in [1.82, 2.24) is 13.9 Å². The molecule has 7 nitrogen and oxygen atoms in total. The summed E-state index contributed by atoms with van der Waals surface area (Å²) < 4.78 is 50.6. The first kappa shape index (κ1) is 12.1. The second-order valence-electron chi connectivity index (χ2n) is 4.79. The Bertz CT molecular complexity index is 691. The molecule has 0 radical (unpaired) electrons. The molecule has 0 saturated carbocycles. The smallest absolute Gasteiger partial charge is 0.262 e. The lowest BCUT2D eigenvalue weighted by Gasteiger charge is -2.24. The molecule has 2 aliphatic rings. The van der Waals surface area contributed by atoms with Gasteiger partial charge in [0.05, 0.1) is 17.3 Å². The lowest BCUT2D eigenvalue weighted by atomic mass is 10.3. The monoisotopic (exact) mass is 291 g/mol. The number of hydrogen-bond acceptors (Lipinski definition) is 5. The van der Waals surface area contributed by atoms with Crippen molar-refractivity contribution >= 4 is 19.9 Å². The van der Waals surface area contributed by atoms with E-state index in [0.29, 0.717) is 6.42 Å². The van der Waals surface area contributed by atoms with Gasteiger partial charge < -0.3 is 4.57 Å². The van der Waals surface area contributed by atoms with E-state index in [-0.39, 0.29) is 17.3 Å². The third-order valence-electron chi connectivity index (χ3n) is 3.51. The summed E-state index contributed by atoms with van der Waals surface area (Å²) in [4.78, 5) is 3.84. The van der Waals surface area contributed by atoms with Crippen LogP contribution in [0.15, 0.2) is 17.6 Å². The zero-order valence-electron chi connectivity index (χ0n) is 9.72. The number of imidazole rings is 1. The van der Waals surface area contributed by atoms with Crippen LogP contribution in [0.25, 0.3) is 0 Å².